The summed E-state index contributed by atoms with van der Waals surface area (Å²) < 4.78 is 21.1. The summed E-state index contributed by atoms with van der Waals surface area (Å²) in [4.78, 5) is 47.5. The van der Waals surface area contributed by atoms with Crippen LogP contribution in [0.15, 0.2) is 425 Å². The van der Waals surface area contributed by atoms with E-state index < -0.39 is 53.8 Å². The summed E-state index contributed by atoms with van der Waals surface area (Å²) in [6.45, 7) is 17.6. The molecule has 0 N–H and O–H groups in total. The Labute approximate surface area is 751 Å². The Morgan fingerprint density at radius 1 is 0.250 bits per heavy atom. The monoisotopic (exact) mass is 2170 g/mol. The number of aryl methyl sites for hydroxylation is 1. The molecule has 120 heavy (non-hydrogen) atoms. The molecule has 0 atom stereocenters. The van der Waals surface area contributed by atoms with Crippen molar-refractivity contribution < 1.29 is 53.8 Å². The molecule has 5 aromatic carbocycles. The minimum Gasteiger partial charge on any atom is -0.670 e. The van der Waals surface area contributed by atoms with Gasteiger partial charge in [0.25, 0.3) is 0 Å². The van der Waals surface area contributed by atoms with Crippen LogP contribution < -0.4 is 29.9 Å². The van der Waals surface area contributed by atoms with E-state index in [1.165, 1.54) is 16.7 Å². The van der Waals surface area contributed by atoms with Gasteiger partial charge in [-0.05, 0) is 72.8 Å². The molecular formula is C98H95Cl4N15W3-6. The SMILES string of the molecule is CC(C)(C)[CH]=[W]=[N]c1c(Cl)cccc1Cl.CC(C)([CH]=[W]=[N]c1c(Cl)cccc1Cl)c1ccccc1.Cc1ccccc1[N]=[W]=[CH]C(C)(C)c1ccccc1.c1cc[n-]c1.c1cc[n-]c1.c1cc[n-]c1.c1cc[n-]c1.c1cc[n-]c1.c1cc[n-]c1.c1ccc(-c2ccccn2)nc1.c1ccc(-c2ccccn2)nc1.c1ccc(-c2ccccn2)nc1. The predicted molar refractivity (Wildman–Crippen MR) is 488 cm³/mol. The molecule has 0 unspecified atom stereocenters. The van der Waals surface area contributed by atoms with E-state index in [4.69, 9.17) is 49.9 Å². The minimum atomic E-state index is -1.01. The van der Waals surface area contributed by atoms with Gasteiger partial charge in [0.05, 0.1) is 34.2 Å². The molecule has 0 saturated carbocycles. The van der Waals surface area contributed by atoms with Crippen molar-refractivity contribution in [2.45, 2.75) is 66.2 Å². The summed E-state index contributed by atoms with van der Waals surface area (Å²) in [5.74, 6) is 0. The molecule has 0 aliphatic heterocycles. The van der Waals surface area contributed by atoms with Crippen molar-refractivity contribution in [3.8, 4) is 34.2 Å². The average molecular weight is 2180 g/mol. The van der Waals surface area contributed by atoms with Crippen LogP contribution in [0.25, 0.3) is 34.2 Å². The molecule has 12 heterocycles. The number of hydrogen-bond acceptors (Lipinski definition) is 9. The van der Waals surface area contributed by atoms with Crippen LogP contribution in [0.3, 0.4) is 0 Å². The largest absolute Gasteiger partial charge is 0.670 e. The first-order valence-electron chi connectivity index (χ1n) is 37.7. The summed E-state index contributed by atoms with van der Waals surface area (Å²) in [5.41, 5.74) is 12.5. The number of nitrogens with zero attached hydrogens (tertiary/aromatic N) is 15. The number of rotatable bonds is 10. The van der Waals surface area contributed by atoms with Crippen LogP contribution in [0.1, 0.15) is 65.2 Å². The van der Waals surface area contributed by atoms with Gasteiger partial charge in [0, 0.05) is 37.2 Å². The third-order valence-corrected chi connectivity index (χ3v) is 27.4. The maximum atomic E-state index is 6.13. The van der Waals surface area contributed by atoms with Gasteiger partial charge in [-0.1, -0.05) is 109 Å². The Hall–Kier alpha value is -11.1. The van der Waals surface area contributed by atoms with Crippen LogP contribution in [-0.4, -0.2) is 43.1 Å². The fraction of sp³-hybridized carbons (Fsp3) is 0.112. The molecule has 12 aromatic heterocycles. The topological polar surface area (TPSA) is 199 Å². The van der Waals surface area contributed by atoms with Crippen molar-refractivity contribution in [3.63, 3.8) is 0 Å². The Bertz CT molecular complexity index is 4870. The molecular weight excluding hydrogens is 2080 g/mol. The number of aromatic nitrogens is 12. The van der Waals surface area contributed by atoms with Crippen molar-refractivity contribution in [3.05, 3.63) is 452 Å². The van der Waals surface area contributed by atoms with Gasteiger partial charge < -0.3 is 29.9 Å². The van der Waals surface area contributed by atoms with E-state index in [9.17, 15) is 0 Å². The normalized spacial score (nSPS) is 9.83. The maximum absolute atomic E-state index is 6.13. The number of pyridine rings is 6. The molecule has 0 fully saturated rings. The van der Waals surface area contributed by atoms with Crippen molar-refractivity contribution >= 4 is 76.7 Å². The molecule has 22 heteroatoms. The zero-order valence-electron chi connectivity index (χ0n) is 67.9. The van der Waals surface area contributed by atoms with E-state index in [0.717, 1.165) is 51.2 Å². The van der Waals surface area contributed by atoms with Crippen LogP contribution >= 0.6 is 46.4 Å². The zero-order valence-corrected chi connectivity index (χ0v) is 79.8. The number of hydrogen-bond donors (Lipinski definition) is 0. The summed E-state index contributed by atoms with van der Waals surface area (Å²) in [5, 5.41) is 2.54. The Morgan fingerprint density at radius 3 is 0.692 bits per heavy atom. The van der Waals surface area contributed by atoms with E-state index in [1.54, 1.807) is 112 Å². The predicted octanol–water partition coefficient (Wildman–Crippen LogP) is 25.4. The van der Waals surface area contributed by atoms with Gasteiger partial charge in [-0.2, -0.15) is 74.4 Å². The third kappa shape index (κ3) is 43.0. The molecule has 0 amide bonds. The molecule has 0 spiro atoms. The van der Waals surface area contributed by atoms with Crippen molar-refractivity contribution in [2.24, 2.45) is 15.9 Å². The quantitative estimate of drug-likeness (QED) is 0.126. The van der Waals surface area contributed by atoms with Gasteiger partial charge in [0.1, 0.15) is 0 Å². The third-order valence-electron chi connectivity index (χ3n) is 15.1. The van der Waals surface area contributed by atoms with Crippen LogP contribution in [0.5, 0.6) is 0 Å². The Kier molecular flexibility index (Phi) is 48.5. The van der Waals surface area contributed by atoms with E-state index in [0.29, 0.717) is 20.1 Å². The summed E-state index contributed by atoms with van der Waals surface area (Å²) in [7, 11) is 0. The molecule has 0 bridgehead atoms. The summed E-state index contributed by atoms with van der Waals surface area (Å²) in [6.07, 6.45) is 31.6. The van der Waals surface area contributed by atoms with Gasteiger partial charge in [-0.3, -0.25) is 29.9 Å². The zero-order chi connectivity index (χ0) is 85.7. The van der Waals surface area contributed by atoms with Crippen LogP contribution in [-0.2, 0) is 64.6 Å². The molecule has 17 aromatic rings. The second kappa shape index (κ2) is 59.6. The second-order valence-corrected chi connectivity index (χ2v) is 35.1. The van der Waals surface area contributed by atoms with Gasteiger partial charge in [-0.15, -0.1) is 0 Å². The molecule has 0 saturated heterocycles. The van der Waals surface area contributed by atoms with Crippen molar-refractivity contribution in [1.29, 1.82) is 0 Å². The Morgan fingerprint density at radius 2 is 0.475 bits per heavy atom. The minimum absolute atomic E-state index is 0.0309. The van der Waals surface area contributed by atoms with E-state index in [1.807, 2.05) is 224 Å². The first kappa shape index (κ1) is 97.7. The molecule has 15 nitrogen and oxygen atoms in total. The van der Waals surface area contributed by atoms with Gasteiger partial charge >= 0.3 is 371 Å². The fourth-order valence-electron chi connectivity index (χ4n) is 8.93. The van der Waals surface area contributed by atoms with Gasteiger partial charge in [0.2, 0.25) is 0 Å². The first-order valence-corrected chi connectivity index (χ1v) is 48.2. The summed E-state index contributed by atoms with van der Waals surface area (Å²) >= 11 is 21.6. The van der Waals surface area contributed by atoms with Gasteiger partial charge in [-0.25, -0.2) is 0 Å². The van der Waals surface area contributed by atoms with Crippen LogP contribution in [0, 0.1) is 12.3 Å². The molecule has 614 valence electrons. The number of benzene rings is 5. The van der Waals surface area contributed by atoms with Crippen molar-refractivity contribution in [1.82, 2.24) is 59.8 Å². The van der Waals surface area contributed by atoms with Crippen LogP contribution in [0.4, 0.5) is 17.1 Å². The van der Waals surface area contributed by atoms with E-state index >= 15 is 0 Å². The smallest absolute Gasteiger partial charge is 0.0886 e. The molecule has 17 rings (SSSR count). The van der Waals surface area contributed by atoms with Crippen molar-refractivity contribution in [2.75, 3.05) is 0 Å². The fourth-order valence-corrected chi connectivity index (χ4v) is 18.6. The average Bonchev–Trinajstić information content (AvgIpc) is 1.45. The molecule has 0 radical (unpaired) electrons. The molecule has 0 aliphatic rings. The van der Waals surface area contributed by atoms with E-state index in [2.05, 4.69) is 214 Å². The second-order valence-electron chi connectivity index (χ2n) is 26.7. The van der Waals surface area contributed by atoms with E-state index in [-0.39, 0.29) is 16.2 Å². The van der Waals surface area contributed by atoms with Crippen LogP contribution in [0.2, 0.25) is 20.1 Å². The maximum Gasteiger partial charge on any atom is 0.0886 e. The molecule has 0 aliphatic carbocycles. The Balaban J connectivity index is 0.000000209. The first-order chi connectivity index (χ1) is 58.4. The number of halogens is 4. The van der Waals surface area contributed by atoms with Gasteiger partial charge in [0.15, 0.2) is 0 Å². The standard InChI is InChI=1S/3C10H8N2.2C10H12.C7H7N.2C6H3Cl2N.C5H10.6C4H4N.3W/c3*1-3-7-11-9(5-1)10-6-2-4-8-12-10;2*1-10(2,3)9-7-5-4-6-8-9;1-6-4-2-3-5-7(6)8;2*7-4-2-1-3-5(8)6(4)9;1-5(2,3)4;6*1-2-4-5-3-1;;;/h3*1-8H;2*1,4-8H,2-3H3;2-5H,1H3;2*1-3H;1H,2-4H3;6*1-4H;;;/q;;;;;;;;;6*-1;;;. The summed E-state index contributed by atoms with van der Waals surface area (Å²) in [6, 6.07) is 97.9.